The molecular formula is C45H60GeIrNO2S-. The van der Waals surface area contributed by atoms with Crippen LogP contribution in [0, 0.1) is 41.6 Å². The van der Waals surface area contributed by atoms with Crippen molar-refractivity contribution in [1.82, 2.24) is 4.98 Å². The number of allylic oxidation sites excluding steroid dienone is 2. The average Bonchev–Trinajstić information content (AvgIpc) is 3.37. The number of ketones is 1. The number of nitrogens with zero attached hydrogens (tertiary/aromatic N) is 1. The molecule has 51 heavy (non-hydrogen) atoms. The molecule has 0 saturated carbocycles. The fourth-order valence-electron chi connectivity index (χ4n) is 7.56. The van der Waals surface area contributed by atoms with E-state index in [-0.39, 0.29) is 48.9 Å². The first-order valence-corrected chi connectivity index (χ1v) is 26.6. The van der Waals surface area contributed by atoms with Gasteiger partial charge in [-0.1, -0.05) is 55.4 Å². The van der Waals surface area contributed by atoms with Crippen LogP contribution >= 0.6 is 11.3 Å². The number of aromatic nitrogens is 1. The van der Waals surface area contributed by atoms with Crippen molar-refractivity contribution in [1.29, 1.82) is 0 Å². The average molecular weight is 944 g/mol. The first kappa shape index (κ1) is 43.1. The van der Waals surface area contributed by atoms with E-state index in [4.69, 9.17) is 4.98 Å². The van der Waals surface area contributed by atoms with E-state index in [9.17, 15) is 9.90 Å². The van der Waals surface area contributed by atoms with Gasteiger partial charge >= 0.3 is 192 Å². The predicted octanol–water partition coefficient (Wildman–Crippen LogP) is 12.8. The number of carbonyl (C=O) groups excluding carboxylic acids is 1. The van der Waals surface area contributed by atoms with Gasteiger partial charge < -0.3 is 5.11 Å². The minimum atomic E-state index is -1.87. The molecule has 0 aliphatic heterocycles. The number of fused-ring (bicyclic) bond motifs is 4. The normalized spacial score (nSPS) is 12.9. The number of aliphatic hydroxyl groups is 1. The Hall–Kier alpha value is -2.31. The number of benzene rings is 3. The Bertz CT molecular complexity index is 1980. The van der Waals surface area contributed by atoms with Crippen molar-refractivity contribution >= 4 is 65.7 Å². The predicted molar refractivity (Wildman–Crippen MR) is 223 cm³/mol. The molecule has 0 bridgehead atoms. The zero-order valence-electron chi connectivity index (χ0n) is 33.4. The second-order valence-corrected chi connectivity index (χ2v) is 29.2. The van der Waals surface area contributed by atoms with Crippen LogP contribution in [0.2, 0.25) is 17.3 Å². The number of hydrogen-bond donors (Lipinski definition) is 1. The zero-order chi connectivity index (χ0) is 37.3. The van der Waals surface area contributed by atoms with Crippen molar-refractivity contribution in [2.45, 2.75) is 98.8 Å². The van der Waals surface area contributed by atoms with E-state index in [1.165, 1.54) is 37.2 Å². The second kappa shape index (κ2) is 17.2. The van der Waals surface area contributed by atoms with E-state index in [1.54, 1.807) is 4.40 Å². The van der Waals surface area contributed by atoms with Crippen molar-refractivity contribution in [2.24, 2.45) is 35.5 Å². The van der Waals surface area contributed by atoms with Crippen LogP contribution in [0.5, 0.6) is 0 Å². The molecule has 3 nitrogen and oxygen atoms in total. The standard InChI is InChI=1S/C28H28GeNS.C17H32O2.Ir/c1-28(2,3)24-16-19(15-18-9-7-8-10-21(18)24)26-27-23(13-14-30-26)22-12-11-20(29(4,5)6)17-25(22)31-27;1-10(2)16(11(3)4)14(18)9-15(19)17(12(5)6)13(7)8;/h7-14,16-17H,1-6H3;9-13,16-18H,1-8H3;/q-1;;/b;14-9-;. The third-order valence-electron chi connectivity index (χ3n) is 9.93. The summed E-state index contributed by atoms with van der Waals surface area (Å²) in [6.45, 7) is 23.4. The smallest absolute Gasteiger partial charge is 0.162 e. The molecule has 0 atom stereocenters. The van der Waals surface area contributed by atoms with E-state index >= 15 is 0 Å². The van der Waals surface area contributed by atoms with Crippen LogP contribution in [0.15, 0.2) is 72.6 Å². The third kappa shape index (κ3) is 10.0. The Morgan fingerprint density at radius 2 is 1.39 bits per heavy atom. The molecule has 277 valence electrons. The number of thiophene rings is 1. The molecule has 0 aliphatic carbocycles. The molecule has 1 radical (unpaired) electrons. The van der Waals surface area contributed by atoms with Crippen LogP contribution in [0.25, 0.3) is 42.2 Å². The van der Waals surface area contributed by atoms with Crippen molar-refractivity contribution in [3.05, 3.63) is 84.3 Å². The van der Waals surface area contributed by atoms with Gasteiger partial charge in [-0.15, -0.1) is 0 Å². The summed E-state index contributed by atoms with van der Waals surface area (Å²) in [5.74, 6) is 9.00. The molecule has 0 fully saturated rings. The molecule has 6 heteroatoms. The van der Waals surface area contributed by atoms with E-state index in [0.29, 0.717) is 23.7 Å². The fourth-order valence-corrected chi connectivity index (χ4v) is 11.5. The third-order valence-corrected chi connectivity index (χ3v) is 15.4. The van der Waals surface area contributed by atoms with Crippen molar-refractivity contribution < 1.29 is 30.0 Å². The van der Waals surface area contributed by atoms with Crippen LogP contribution in [0.1, 0.15) is 81.7 Å². The fraction of sp³-hybridized carbons (Fsp3) is 0.467. The number of rotatable bonds is 9. The van der Waals surface area contributed by atoms with Gasteiger partial charge in [0.15, 0.2) is 5.78 Å². The number of pyridine rings is 1. The van der Waals surface area contributed by atoms with E-state index < -0.39 is 13.3 Å². The van der Waals surface area contributed by atoms with E-state index in [2.05, 4.69) is 154 Å². The minimum Gasteiger partial charge on any atom is -0.512 e. The maximum Gasteiger partial charge on any atom is 0.162 e. The molecule has 1 N–H and O–H groups in total. The van der Waals surface area contributed by atoms with Crippen LogP contribution in [-0.4, -0.2) is 29.1 Å². The molecule has 0 unspecified atom stereocenters. The number of carbonyl (C=O) groups is 1. The first-order chi connectivity index (χ1) is 23.2. The number of hydrogen-bond acceptors (Lipinski definition) is 4. The SMILES string of the molecule is CC(C)(C)c1cc(-c2nccc3c2sc2c[c]([Ge]([CH3])([CH3])[CH3])ccc23)[c-]c2ccccc12.CC(C)C(C(=O)/C=C(\O)C(C(C)C)C(C)C)C(C)C.[Ir]. The van der Waals surface area contributed by atoms with Gasteiger partial charge in [0.2, 0.25) is 0 Å². The van der Waals surface area contributed by atoms with Crippen LogP contribution in [-0.2, 0) is 30.3 Å². The van der Waals surface area contributed by atoms with E-state index in [1.807, 2.05) is 17.5 Å². The van der Waals surface area contributed by atoms with E-state index in [0.717, 1.165) is 16.6 Å². The van der Waals surface area contributed by atoms with Gasteiger partial charge in [-0.25, -0.2) is 0 Å². The van der Waals surface area contributed by atoms with Crippen LogP contribution < -0.4 is 4.40 Å². The summed E-state index contributed by atoms with van der Waals surface area (Å²) < 4.78 is 4.20. The Balaban J connectivity index is 0.000000306. The molecule has 5 rings (SSSR count). The molecular weight excluding hydrogens is 883 g/mol. The summed E-state index contributed by atoms with van der Waals surface area (Å²) in [5.41, 5.74) is 3.54. The summed E-state index contributed by atoms with van der Waals surface area (Å²) in [6.07, 6.45) is 3.44. The van der Waals surface area contributed by atoms with Crippen LogP contribution in [0.4, 0.5) is 0 Å². The van der Waals surface area contributed by atoms with Crippen LogP contribution in [0.3, 0.4) is 0 Å². The van der Waals surface area contributed by atoms with Gasteiger partial charge in [0, 0.05) is 38.0 Å². The molecule has 0 amide bonds. The van der Waals surface area contributed by atoms with Crippen molar-refractivity contribution in [2.75, 3.05) is 0 Å². The Morgan fingerprint density at radius 3 is 1.94 bits per heavy atom. The minimum absolute atomic E-state index is 0. The van der Waals surface area contributed by atoms with Gasteiger partial charge in [-0.2, -0.15) is 0 Å². The summed E-state index contributed by atoms with van der Waals surface area (Å²) >= 11 is 0.00728. The Labute approximate surface area is 328 Å². The monoisotopic (exact) mass is 945 g/mol. The topological polar surface area (TPSA) is 50.2 Å². The quantitative estimate of drug-likeness (QED) is 0.0693. The summed E-state index contributed by atoms with van der Waals surface area (Å²) in [6, 6.07) is 23.9. The maximum absolute atomic E-state index is 12.3. The van der Waals surface area contributed by atoms with Gasteiger partial charge in [0.25, 0.3) is 0 Å². The van der Waals surface area contributed by atoms with Gasteiger partial charge in [0.1, 0.15) is 0 Å². The molecule has 2 aromatic heterocycles. The molecule has 0 aliphatic rings. The maximum atomic E-state index is 12.3. The number of aliphatic hydroxyl groups excluding tert-OH is 1. The van der Waals surface area contributed by atoms with Gasteiger partial charge in [-0.05, 0) is 23.7 Å². The summed E-state index contributed by atoms with van der Waals surface area (Å²) in [7, 11) is 0. The van der Waals surface area contributed by atoms with Crippen molar-refractivity contribution in [3.63, 3.8) is 0 Å². The molecule has 2 heterocycles. The summed E-state index contributed by atoms with van der Waals surface area (Å²) in [5, 5.41) is 15.4. The zero-order valence-corrected chi connectivity index (χ0v) is 38.7. The Morgan fingerprint density at radius 1 is 0.804 bits per heavy atom. The molecule has 5 aromatic rings. The molecule has 3 aromatic carbocycles. The molecule has 0 spiro atoms. The largest absolute Gasteiger partial charge is 0.512 e. The van der Waals surface area contributed by atoms with Crippen molar-refractivity contribution in [3.8, 4) is 11.3 Å². The first-order valence-electron chi connectivity index (χ1n) is 18.4. The Kier molecular flexibility index (Phi) is 14.6. The van der Waals surface area contributed by atoms with Gasteiger partial charge in [-0.3, -0.25) is 4.79 Å². The summed E-state index contributed by atoms with van der Waals surface area (Å²) in [4.78, 5) is 17.2. The van der Waals surface area contributed by atoms with Gasteiger partial charge in [0.05, 0.1) is 5.76 Å². The second-order valence-electron chi connectivity index (χ2n) is 17.5. The molecule has 0 saturated heterocycles.